The maximum atomic E-state index is 11.0. The van der Waals surface area contributed by atoms with Gasteiger partial charge in [-0.2, -0.15) is 0 Å². The number of ether oxygens (including phenoxy) is 2. The molecule has 0 fully saturated rings. The molecule has 0 aliphatic carbocycles. The Kier molecular flexibility index (Phi) is 7.86. The van der Waals surface area contributed by atoms with Crippen molar-refractivity contribution in [1.82, 2.24) is 0 Å². The molecule has 0 atom stereocenters. The molecule has 5 heteroatoms. The van der Waals surface area contributed by atoms with E-state index in [9.17, 15) is 4.79 Å². The van der Waals surface area contributed by atoms with Gasteiger partial charge in [-0.25, -0.2) is 4.79 Å². The van der Waals surface area contributed by atoms with Gasteiger partial charge in [0.2, 0.25) is 0 Å². The van der Waals surface area contributed by atoms with Crippen LogP contribution in [-0.4, -0.2) is 35.5 Å². The van der Waals surface area contributed by atoms with Gasteiger partial charge in [-0.3, -0.25) is 0 Å². The van der Waals surface area contributed by atoms with Gasteiger partial charge < -0.3 is 9.47 Å². The lowest BCUT2D eigenvalue weighted by Gasteiger charge is -2.26. The standard InChI is InChI=1S/C13H30O3Si2/c1-7-15-13(14)16-9-8-10-18(5,6)12-11-17(2,3)4/h7-12H2,1-6H3. The van der Waals surface area contributed by atoms with Crippen LogP contribution in [0.4, 0.5) is 4.79 Å². The number of hydrogen-bond donors (Lipinski definition) is 0. The van der Waals surface area contributed by atoms with Crippen LogP contribution in [0.3, 0.4) is 0 Å². The minimum atomic E-state index is -1.10. The van der Waals surface area contributed by atoms with Crippen molar-refractivity contribution in [2.45, 2.75) is 64.2 Å². The third kappa shape index (κ3) is 10.8. The molecule has 0 radical (unpaired) electrons. The summed E-state index contributed by atoms with van der Waals surface area (Å²) in [6, 6.07) is 4.06. The van der Waals surface area contributed by atoms with Crippen LogP contribution < -0.4 is 0 Å². The van der Waals surface area contributed by atoms with Gasteiger partial charge in [0.15, 0.2) is 0 Å². The first-order valence-electron chi connectivity index (χ1n) is 6.96. The maximum absolute atomic E-state index is 11.0. The topological polar surface area (TPSA) is 35.5 Å². The zero-order valence-electron chi connectivity index (χ0n) is 13.0. The molecule has 0 saturated carbocycles. The second kappa shape index (κ2) is 7.99. The van der Waals surface area contributed by atoms with Crippen molar-refractivity contribution in [3.05, 3.63) is 0 Å². The highest BCUT2D eigenvalue weighted by atomic mass is 28.3. The van der Waals surface area contributed by atoms with Gasteiger partial charge >= 0.3 is 6.16 Å². The fraction of sp³-hybridized carbons (Fsp3) is 0.923. The lowest BCUT2D eigenvalue weighted by atomic mass is 10.5. The van der Waals surface area contributed by atoms with E-state index in [-0.39, 0.29) is 0 Å². The Balaban J connectivity index is 3.73. The molecule has 0 bridgehead atoms. The molecule has 108 valence electrons. The van der Waals surface area contributed by atoms with E-state index in [1.165, 1.54) is 18.1 Å². The molecule has 0 spiro atoms. The molecular formula is C13H30O3Si2. The van der Waals surface area contributed by atoms with Crippen molar-refractivity contribution in [3.8, 4) is 0 Å². The lowest BCUT2D eigenvalue weighted by molar-refractivity contribution is 0.0591. The monoisotopic (exact) mass is 290 g/mol. The summed E-state index contributed by atoms with van der Waals surface area (Å²) in [7, 11) is -2.01. The molecule has 0 N–H and O–H groups in total. The number of carbonyl (C=O) groups excluding carboxylic acids is 1. The van der Waals surface area contributed by atoms with Crippen LogP contribution in [0.5, 0.6) is 0 Å². The second-order valence-corrected chi connectivity index (χ2v) is 17.8. The van der Waals surface area contributed by atoms with Crippen LogP contribution in [0.15, 0.2) is 0 Å². The van der Waals surface area contributed by atoms with Crippen molar-refractivity contribution < 1.29 is 14.3 Å². The van der Waals surface area contributed by atoms with E-state index in [1.807, 2.05) is 0 Å². The average molecular weight is 291 g/mol. The van der Waals surface area contributed by atoms with Gasteiger partial charge in [-0.1, -0.05) is 50.9 Å². The lowest BCUT2D eigenvalue weighted by Crippen LogP contribution is -2.30. The summed E-state index contributed by atoms with van der Waals surface area (Å²) in [5.74, 6) is 0. The van der Waals surface area contributed by atoms with Crippen molar-refractivity contribution in [3.63, 3.8) is 0 Å². The van der Waals surface area contributed by atoms with Crippen molar-refractivity contribution in [2.75, 3.05) is 13.2 Å². The van der Waals surface area contributed by atoms with E-state index >= 15 is 0 Å². The number of rotatable bonds is 8. The predicted molar refractivity (Wildman–Crippen MR) is 82.8 cm³/mol. The zero-order valence-corrected chi connectivity index (χ0v) is 15.0. The molecule has 0 aromatic carbocycles. The normalized spacial score (nSPS) is 12.3. The predicted octanol–water partition coefficient (Wildman–Crippen LogP) is 4.60. The Bertz CT molecular complexity index is 247. The van der Waals surface area contributed by atoms with Gasteiger partial charge in [0.25, 0.3) is 0 Å². The Morgan fingerprint density at radius 2 is 1.56 bits per heavy atom. The summed E-state index contributed by atoms with van der Waals surface area (Å²) in [5.41, 5.74) is 0. The van der Waals surface area contributed by atoms with Crippen LogP contribution in [0.1, 0.15) is 13.3 Å². The summed E-state index contributed by atoms with van der Waals surface area (Å²) in [4.78, 5) is 11.0. The molecule has 0 saturated heterocycles. The molecule has 18 heavy (non-hydrogen) atoms. The van der Waals surface area contributed by atoms with Gasteiger partial charge in [-0.15, -0.1) is 0 Å². The van der Waals surface area contributed by atoms with Gasteiger partial charge in [0.1, 0.15) is 0 Å². The Hall–Kier alpha value is -0.296. The van der Waals surface area contributed by atoms with E-state index < -0.39 is 22.3 Å². The maximum Gasteiger partial charge on any atom is 0.508 e. The minimum Gasteiger partial charge on any atom is -0.435 e. The smallest absolute Gasteiger partial charge is 0.435 e. The first-order chi connectivity index (χ1) is 8.16. The second-order valence-electron chi connectivity index (χ2n) is 6.86. The van der Waals surface area contributed by atoms with E-state index in [0.717, 1.165) is 6.42 Å². The SMILES string of the molecule is CCOC(=O)OCCC[Si](C)(C)CC[Si](C)(C)C. The van der Waals surface area contributed by atoms with Crippen LogP contribution in [0.2, 0.25) is 50.9 Å². The first kappa shape index (κ1) is 17.7. The molecule has 0 aliphatic heterocycles. The molecule has 3 nitrogen and oxygen atoms in total. The highest BCUT2D eigenvalue weighted by Crippen LogP contribution is 2.24. The highest BCUT2D eigenvalue weighted by Gasteiger charge is 2.24. The van der Waals surface area contributed by atoms with E-state index in [0.29, 0.717) is 13.2 Å². The number of hydrogen-bond acceptors (Lipinski definition) is 3. The Morgan fingerprint density at radius 3 is 2.06 bits per heavy atom. The van der Waals surface area contributed by atoms with Gasteiger partial charge in [-0.05, 0) is 13.3 Å². The molecule has 0 aromatic heterocycles. The van der Waals surface area contributed by atoms with Gasteiger partial charge in [0.05, 0.1) is 13.2 Å². The quantitative estimate of drug-likeness (QED) is 0.372. The van der Waals surface area contributed by atoms with Crippen molar-refractivity contribution in [2.24, 2.45) is 0 Å². The summed E-state index contributed by atoms with van der Waals surface area (Å²) in [6.45, 7) is 14.9. The number of carbonyl (C=O) groups is 1. The molecule has 0 amide bonds. The third-order valence-corrected chi connectivity index (χ3v) is 8.59. The fourth-order valence-electron chi connectivity index (χ4n) is 1.70. The van der Waals surface area contributed by atoms with Crippen molar-refractivity contribution >= 4 is 22.3 Å². The summed E-state index contributed by atoms with van der Waals surface area (Å²) in [6.07, 6.45) is 0.447. The highest BCUT2D eigenvalue weighted by molar-refractivity contribution is 6.82. The first-order valence-corrected chi connectivity index (χ1v) is 14.1. The molecular weight excluding hydrogens is 260 g/mol. The fourth-order valence-corrected chi connectivity index (χ4v) is 8.76. The van der Waals surface area contributed by atoms with Crippen molar-refractivity contribution in [1.29, 1.82) is 0 Å². The Morgan fingerprint density at radius 1 is 0.944 bits per heavy atom. The molecule has 0 unspecified atom stereocenters. The van der Waals surface area contributed by atoms with Crippen LogP contribution in [0, 0.1) is 0 Å². The van der Waals surface area contributed by atoms with E-state index in [4.69, 9.17) is 9.47 Å². The van der Waals surface area contributed by atoms with Crippen LogP contribution in [-0.2, 0) is 9.47 Å². The minimum absolute atomic E-state index is 0.384. The van der Waals surface area contributed by atoms with Crippen LogP contribution in [0.25, 0.3) is 0 Å². The summed E-state index contributed by atoms with van der Waals surface area (Å²) >= 11 is 0. The largest absolute Gasteiger partial charge is 0.508 e. The van der Waals surface area contributed by atoms with E-state index in [2.05, 4.69) is 32.7 Å². The average Bonchev–Trinajstić information content (AvgIpc) is 2.22. The summed E-state index contributed by atoms with van der Waals surface area (Å²) < 4.78 is 9.71. The molecule has 0 aliphatic rings. The van der Waals surface area contributed by atoms with Gasteiger partial charge in [0, 0.05) is 16.1 Å². The molecule has 0 heterocycles. The molecule has 0 rings (SSSR count). The zero-order chi connectivity index (χ0) is 14.2. The molecule has 0 aromatic rings. The Labute approximate surface area is 114 Å². The third-order valence-electron chi connectivity index (χ3n) is 3.03. The van der Waals surface area contributed by atoms with E-state index in [1.54, 1.807) is 6.92 Å². The van der Waals surface area contributed by atoms with Crippen LogP contribution >= 0.6 is 0 Å². The summed E-state index contributed by atoms with van der Waals surface area (Å²) in [5, 5.41) is 0.